The molecule has 3 fully saturated rings. The zero-order valence-electron chi connectivity index (χ0n) is 13.2. The lowest BCUT2D eigenvalue weighted by Gasteiger charge is -2.45. The molecule has 2 atom stereocenters. The Kier molecular flexibility index (Phi) is 4.09. The molecule has 0 radical (unpaired) electrons. The molecule has 23 heavy (non-hydrogen) atoms. The molecule has 2 bridgehead atoms. The van der Waals surface area contributed by atoms with Gasteiger partial charge in [-0.05, 0) is 37.5 Å². The highest BCUT2D eigenvalue weighted by atomic mass is 16.2. The number of carbonyl (C=O) groups excluding carboxylic acids is 4. The number of nitrogens with two attached hydrogens (primary N) is 1. The second-order valence-corrected chi connectivity index (χ2v) is 6.81. The summed E-state index contributed by atoms with van der Waals surface area (Å²) in [7, 11) is 1.23. The van der Waals surface area contributed by atoms with E-state index in [1.54, 1.807) is 0 Å². The van der Waals surface area contributed by atoms with E-state index >= 15 is 0 Å². The highest BCUT2D eigenvalue weighted by Crippen LogP contribution is 2.39. The molecule has 2 aliphatic carbocycles. The van der Waals surface area contributed by atoms with Crippen LogP contribution in [0.2, 0.25) is 0 Å². The van der Waals surface area contributed by atoms with Crippen LogP contribution in [0.1, 0.15) is 32.1 Å². The first-order valence-corrected chi connectivity index (χ1v) is 8.07. The van der Waals surface area contributed by atoms with Gasteiger partial charge >= 0.3 is 17.8 Å². The molecule has 3 rings (SSSR count). The third kappa shape index (κ3) is 2.83. The average Bonchev–Trinajstić information content (AvgIpc) is 2.66. The molecule has 2 unspecified atom stereocenters. The van der Waals surface area contributed by atoms with Crippen molar-refractivity contribution < 1.29 is 19.2 Å². The van der Waals surface area contributed by atoms with Crippen LogP contribution in [-0.4, -0.2) is 59.2 Å². The van der Waals surface area contributed by atoms with E-state index in [-0.39, 0.29) is 12.1 Å². The molecular formula is C15H22N4O4. The molecule has 1 heterocycles. The van der Waals surface area contributed by atoms with Crippen LogP contribution in [0, 0.1) is 11.8 Å². The summed E-state index contributed by atoms with van der Waals surface area (Å²) in [6.07, 6.45) is 5.02. The van der Waals surface area contributed by atoms with Crippen LogP contribution >= 0.6 is 0 Å². The quantitative estimate of drug-likeness (QED) is 0.534. The highest BCUT2D eigenvalue weighted by Gasteiger charge is 2.44. The molecular weight excluding hydrogens is 300 g/mol. The van der Waals surface area contributed by atoms with E-state index in [2.05, 4.69) is 5.32 Å². The lowest BCUT2D eigenvalue weighted by molar-refractivity contribution is -0.143. The van der Waals surface area contributed by atoms with E-state index in [1.807, 2.05) is 0 Å². The maximum absolute atomic E-state index is 12.3. The Morgan fingerprint density at radius 2 is 1.78 bits per heavy atom. The number of rotatable bonds is 3. The Hall–Kier alpha value is -1.96. The number of hydrogen-bond acceptors (Lipinski definition) is 5. The summed E-state index contributed by atoms with van der Waals surface area (Å²) in [4.78, 5) is 48.7. The number of nitrogens with zero attached hydrogens (tertiary/aromatic N) is 2. The Labute approximate surface area is 134 Å². The van der Waals surface area contributed by atoms with Gasteiger partial charge in [0.1, 0.15) is 6.54 Å². The van der Waals surface area contributed by atoms with Gasteiger partial charge in [0.05, 0.1) is 0 Å². The number of amides is 5. The van der Waals surface area contributed by atoms with Gasteiger partial charge in [0.2, 0.25) is 5.91 Å². The third-order valence-corrected chi connectivity index (χ3v) is 5.26. The van der Waals surface area contributed by atoms with E-state index < -0.39 is 30.3 Å². The summed E-state index contributed by atoms with van der Waals surface area (Å²) in [5, 5.41) is 2.97. The van der Waals surface area contributed by atoms with Crippen molar-refractivity contribution in [2.24, 2.45) is 17.6 Å². The SMILES string of the molecule is CN1C(=O)C(=O)N(CC(=O)NC2C3CCCC2CC(N)C3)C1=O. The predicted molar refractivity (Wildman–Crippen MR) is 79.9 cm³/mol. The topological polar surface area (TPSA) is 113 Å². The van der Waals surface area contributed by atoms with Gasteiger partial charge in [-0.2, -0.15) is 0 Å². The first-order chi connectivity index (χ1) is 10.9. The number of hydrogen-bond donors (Lipinski definition) is 2. The molecule has 1 aliphatic heterocycles. The van der Waals surface area contributed by atoms with E-state index in [0.717, 1.165) is 37.0 Å². The molecule has 1 saturated heterocycles. The van der Waals surface area contributed by atoms with Crippen LogP contribution in [0.5, 0.6) is 0 Å². The monoisotopic (exact) mass is 322 g/mol. The molecule has 3 N–H and O–H groups in total. The number of nitrogens with one attached hydrogen (secondary N) is 1. The Morgan fingerprint density at radius 3 is 2.30 bits per heavy atom. The van der Waals surface area contributed by atoms with Crippen molar-refractivity contribution in [1.29, 1.82) is 0 Å². The molecule has 8 heteroatoms. The molecule has 3 aliphatic rings. The zero-order chi connectivity index (χ0) is 16.7. The molecule has 0 aromatic rings. The minimum absolute atomic E-state index is 0.0530. The van der Waals surface area contributed by atoms with E-state index in [4.69, 9.17) is 5.73 Å². The van der Waals surface area contributed by atoms with Crippen molar-refractivity contribution in [3.8, 4) is 0 Å². The minimum atomic E-state index is -0.946. The van der Waals surface area contributed by atoms with Crippen molar-refractivity contribution in [2.45, 2.75) is 44.2 Å². The molecule has 2 saturated carbocycles. The maximum atomic E-state index is 12.3. The number of likely N-dealkylation sites (N-methyl/N-ethyl adjacent to an activating group) is 1. The molecule has 0 spiro atoms. The van der Waals surface area contributed by atoms with Gasteiger partial charge in [-0.3, -0.25) is 19.3 Å². The summed E-state index contributed by atoms with van der Waals surface area (Å²) < 4.78 is 0. The fourth-order valence-corrected chi connectivity index (χ4v) is 4.15. The minimum Gasteiger partial charge on any atom is -0.351 e. The van der Waals surface area contributed by atoms with Crippen molar-refractivity contribution in [3.63, 3.8) is 0 Å². The molecule has 0 aromatic heterocycles. The fraction of sp³-hybridized carbons (Fsp3) is 0.733. The summed E-state index contributed by atoms with van der Waals surface area (Å²) in [5.74, 6) is -1.53. The standard InChI is InChI=1S/C15H22N4O4/c1-18-13(21)14(22)19(15(18)23)7-11(20)17-12-8-3-2-4-9(12)6-10(16)5-8/h8-10,12H,2-7,16H2,1H3,(H,17,20). The van der Waals surface area contributed by atoms with Crippen molar-refractivity contribution in [3.05, 3.63) is 0 Å². The van der Waals surface area contributed by atoms with Gasteiger partial charge in [-0.15, -0.1) is 0 Å². The largest absolute Gasteiger partial charge is 0.351 e. The van der Waals surface area contributed by atoms with E-state index in [1.165, 1.54) is 7.05 Å². The lowest BCUT2D eigenvalue weighted by Crippen LogP contribution is -2.55. The number of imide groups is 2. The van der Waals surface area contributed by atoms with Gasteiger partial charge in [0.25, 0.3) is 0 Å². The first-order valence-electron chi connectivity index (χ1n) is 8.07. The average molecular weight is 322 g/mol. The Balaban J connectivity index is 1.63. The summed E-state index contributed by atoms with van der Waals surface area (Å²) in [5.41, 5.74) is 6.06. The zero-order valence-corrected chi connectivity index (χ0v) is 13.2. The Bertz CT molecular complexity index is 550. The van der Waals surface area contributed by atoms with Crippen LogP contribution in [0.25, 0.3) is 0 Å². The fourth-order valence-electron chi connectivity index (χ4n) is 4.15. The van der Waals surface area contributed by atoms with Crippen LogP contribution in [0.4, 0.5) is 4.79 Å². The molecule has 5 amide bonds. The second kappa shape index (κ2) is 5.92. The second-order valence-electron chi connectivity index (χ2n) is 6.81. The summed E-state index contributed by atoms with van der Waals surface area (Å²) in [6.45, 7) is -0.407. The van der Waals surface area contributed by atoms with Gasteiger partial charge < -0.3 is 11.1 Å². The van der Waals surface area contributed by atoms with Crippen molar-refractivity contribution in [2.75, 3.05) is 13.6 Å². The summed E-state index contributed by atoms with van der Waals surface area (Å²) in [6, 6.07) is -0.509. The van der Waals surface area contributed by atoms with Crippen LogP contribution < -0.4 is 11.1 Å². The van der Waals surface area contributed by atoms with Crippen LogP contribution in [0.3, 0.4) is 0 Å². The number of carbonyl (C=O) groups is 4. The normalized spacial score (nSPS) is 34.1. The molecule has 0 aromatic carbocycles. The van der Waals surface area contributed by atoms with Crippen molar-refractivity contribution in [1.82, 2.24) is 15.1 Å². The smallest absolute Gasteiger partial charge is 0.334 e. The predicted octanol–water partition coefficient (Wildman–Crippen LogP) is -0.571. The number of urea groups is 1. The van der Waals surface area contributed by atoms with E-state index in [9.17, 15) is 19.2 Å². The van der Waals surface area contributed by atoms with Gasteiger partial charge in [0, 0.05) is 19.1 Å². The van der Waals surface area contributed by atoms with Crippen LogP contribution in [-0.2, 0) is 14.4 Å². The van der Waals surface area contributed by atoms with E-state index in [0.29, 0.717) is 16.7 Å². The molecule has 126 valence electrons. The highest BCUT2D eigenvalue weighted by molar-refractivity contribution is 6.44. The maximum Gasteiger partial charge on any atom is 0.334 e. The number of fused-ring (bicyclic) bond motifs is 2. The van der Waals surface area contributed by atoms with Gasteiger partial charge in [-0.1, -0.05) is 6.42 Å². The van der Waals surface area contributed by atoms with Gasteiger partial charge in [0.15, 0.2) is 0 Å². The first kappa shape index (κ1) is 15.9. The van der Waals surface area contributed by atoms with Crippen LogP contribution in [0.15, 0.2) is 0 Å². The third-order valence-electron chi connectivity index (χ3n) is 5.26. The van der Waals surface area contributed by atoms with Crippen molar-refractivity contribution >= 4 is 23.8 Å². The molecule has 8 nitrogen and oxygen atoms in total. The Morgan fingerprint density at radius 1 is 1.17 bits per heavy atom. The lowest BCUT2D eigenvalue weighted by atomic mass is 9.67. The van der Waals surface area contributed by atoms with Gasteiger partial charge in [-0.25, -0.2) is 9.69 Å². The summed E-state index contributed by atoms with van der Waals surface area (Å²) >= 11 is 0.